The van der Waals surface area contributed by atoms with Gasteiger partial charge in [0.25, 0.3) is 0 Å². The maximum absolute atomic E-state index is 15.5. The Morgan fingerprint density at radius 2 is 1.73 bits per heavy atom. The van der Waals surface area contributed by atoms with E-state index in [1.54, 1.807) is 36.3 Å². The van der Waals surface area contributed by atoms with Crippen LogP contribution >= 0.6 is 0 Å². The van der Waals surface area contributed by atoms with Gasteiger partial charge in [0.2, 0.25) is 0 Å². The van der Waals surface area contributed by atoms with Gasteiger partial charge in [0.05, 0.1) is 11.9 Å². The second kappa shape index (κ2) is 9.76. The van der Waals surface area contributed by atoms with Crippen molar-refractivity contribution in [3.63, 3.8) is 0 Å². The molecule has 0 aliphatic carbocycles. The van der Waals surface area contributed by atoms with E-state index in [0.29, 0.717) is 23.7 Å². The van der Waals surface area contributed by atoms with Crippen LogP contribution < -0.4 is 10.6 Å². The third kappa shape index (κ3) is 5.25. The van der Waals surface area contributed by atoms with Gasteiger partial charge >= 0.3 is 0 Å². The van der Waals surface area contributed by atoms with E-state index in [9.17, 15) is 0 Å². The van der Waals surface area contributed by atoms with E-state index in [1.165, 1.54) is 0 Å². The summed E-state index contributed by atoms with van der Waals surface area (Å²) in [5, 5.41) is 19.8. The summed E-state index contributed by atoms with van der Waals surface area (Å²) in [7, 11) is 1.80. The Hall–Kier alpha value is -2.91. The number of rotatable bonds is 5. The number of aromatic nitrogens is 4. The highest BCUT2D eigenvalue weighted by molar-refractivity contribution is 5.70. The van der Waals surface area contributed by atoms with Gasteiger partial charge in [-0.2, -0.15) is 5.10 Å². The molecule has 2 N–H and O–H groups in total. The first kappa shape index (κ1) is 25.7. The van der Waals surface area contributed by atoms with Gasteiger partial charge in [-0.15, -0.1) is 10.2 Å². The van der Waals surface area contributed by atoms with Crippen molar-refractivity contribution < 1.29 is 13.5 Å². The van der Waals surface area contributed by atoms with Gasteiger partial charge in [-0.1, -0.05) is 6.07 Å². The molecule has 2 aliphatic heterocycles. The minimum absolute atomic E-state index is 0.0764. The molecule has 5 rings (SSSR count). The summed E-state index contributed by atoms with van der Waals surface area (Å²) in [6.45, 7) is 9.43. The summed E-state index contributed by atoms with van der Waals surface area (Å²) in [5.74, 6) is -1.02. The lowest BCUT2D eigenvalue weighted by Crippen LogP contribution is -2.57. The molecule has 2 aromatic heterocycles. The van der Waals surface area contributed by atoms with Crippen LogP contribution in [0.2, 0.25) is 0 Å². The van der Waals surface area contributed by atoms with E-state index >= 15 is 8.78 Å². The average molecular weight is 511 g/mol. The van der Waals surface area contributed by atoms with Gasteiger partial charge in [0, 0.05) is 53.2 Å². The third-order valence-corrected chi connectivity index (χ3v) is 7.41. The first-order valence-corrected chi connectivity index (χ1v) is 13.1. The number of nitrogens with zero attached hydrogens (tertiary/aromatic N) is 4. The van der Waals surface area contributed by atoms with E-state index in [1.807, 2.05) is 6.07 Å². The lowest BCUT2D eigenvalue weighted by atomic mass is 9.73. The fourth-order valence-electron chi connectivity index (χ4n) is 6.12. The summed E-state index contributed by atoms with van der Waals surface area (Å²) in [4.78, 5) is 0. The Balaban J connectivity index is 1.48. The zero-order chi connectivity index (χ0) is 26.4. The summed E-state index contributed by atoms with van der Waals surface area (Å²) in [6, 6.07) is 5.02. The largest absolute Gasteiger partial charge is 0.371 e. The molecule has 0 saturated carbocycles. The maximum atomic E-state index is 15.5. The SMILES string of the molecule is CNc1nnc(-c2ccc(-c3cnn(C4CCCCO4)c3)c(F)c2F)cc1C1CC(C)(C)NC(C)(C)C1. The van der Waals surface area contributed by atoms with E-state index in [4.69, 9.17) is 4.74 Å². The molecule has 3 aromatic rings. The molecule has 0 radical (unpaired) electrons. The lowest BCUT2D eigenvalue weighted by molar-refractivity contribution is -0.0394. The van der Waals surface area contributed by atoms with Crippen LogP contribution in [0.5, 0.6) is 0 Å². The Labute approximate surface area is 217 Å². The zero-order valence-corrected chi connectivity index (χ0v) is 22.2. The van der Waals surface area contributed by atoms with Crippen molar-refractivity contribution in [3.8, 4) is 22.4 Å². The molecule has 7 nitrogen and oxygen atoms in total. The molecule has 2 aliphatic rings. The fourth-order valence-corrected chi connectivity index (χ4v) is 6.12. The smallest absolute Gasteiger partial charge is 0.168 e. The van der Waals surface area contributed by atoms with E-state index in [2.05, 4.69) is 53.6 Å². The van der Waals surface area contributed by atoms with Crippen LogP contribution in [0.3, 0.4) is 0 Å². The zero-order valence-electron chi connectivity index (χ0n) is 22.2. The summed E-state index contributed by atoms with van der Waals surface area (Å²) in [5.41, 5.74) is 1.89. The molecule has 1 unspecified atom stereocenters. The van der Waals surface area contributed by atoms with Gasteiger partial charge in [-0.3, -0.25) is 0 Å². The molecule has 2 fully saturated rings. The lowest BCUT2D eigenvalue weighted by Gasteiger charge is -2.46. The minimum atomic E-state index is -0.942. The predicted octanol–water partition coefficient (Wildman–Crippen LogP) is 6.05. The van der Waals surface area contributed by atoms with Crippen LogP contribution in [0, 0.1) is 11.6 Å². The number of anilines is 1. The number of halogens is 2. The van der Waals surface area contributed by atoms with Crippen LogP contribution in [-0.4, -0.2) is 44.7 Å². The topological polar surface area (TPSA) is 76.9 Å². The number of nitrogens with one attached hydrogen (secondary N) is 2. The monoisotopic (exact) mass is 510 g/mol. The molecule has 1 aromatic carbocycles. The molecule has 4 heterocycles. The Morgan fingerprint density at radius 3 is 2.41 bits per heavy atom. The van der Waals surface area contributed by atoms with Crippen molar-refractivity contribution in [2.75, 3.05) is 19.0 Å². The highest BCUT2D eigenvalue weighted by Crippen LogP contribution is 2.42. The molecular formula is C28H36F2N6O. The van der Waals surface area contributed by atoms with Crippen molar-refractivity contribution >= 4 is 5.82 Å². The van der Waals surface area contributed by atoms with Crippen molar-refractivity contribution in [2.45, 2.75) is 83.0 Å². The van der Waals surface area contributed by atoms with Gasteiger partial charge < -0.3 is 15.4 Å². The standard InChI is InChI=1S/C28H36F2N6O/c1-27(2)13-17(14-28(3,4)35-27)21-12-22(33-34-26(21)31-5)20-10-9-19(24(29)25(20)30)18-15-32-36(16-18)23-8-6-7-11-37-23/h9-10,12,15-17,23,35H,6-8,11,13-14H2,1-5H3,(H,31,34). The van der Waals surface area contributed by atoms with Gasteiger partial charge in [0.15, 0.2) is 17.5 Å². The second-order valence-electron chi connectivity index (χ2n) is 11.6. The van der Waals surface area contributed by atoms with Gasteiger partial charge in [-0.25, -0.2) is 13.5 Å². The van der Waals surface area contributed by atoms with Crippen LogP contribution in [-0.2, 0) is 4.74 Å². The molecule has 1 atom stereocenters. The molecule has 0 bridgehead atoms. The van der Waals surface area contributed by atoms with E-state index < -0.39 is 11.6 Å². The predicted molar refractivity (Wildman–Crippen MR) is 140 cm³/mol. The van der Waals surface area contributed by atoms with E-state index in [-0.39, 0.29) is 34.4 Å². The van der Waals surface area contributed by atoms with Crippen LogP contribution in [0.25, 0.3) is 22.4 Å². The van der Waals surface area contributed by atoms with Crippen molar-refractivity contribution in [3.05, 3.63) is 47.8 Å². The molecule has 2 saturated heterocycles. The summed E-state index contributed by atoms with van der Waals surface area (Å²) >= 11 is 0. The van der Waals surface area contributed by atoms with Crippen molar-refractivity contribution in [1.82, 2.24) is 25.3 Å². The maximum Gasteiger partial charge on any atom is 0.168 e. The quantitative estimate of drug-likeness (QED) is 0.435. The molecular weight excluding hydrogens is 474 g/mol. The third-order valence-electron chi connectivity index (χ3n) is 7.41. The fraction of sp³-hybridized carbons (Fsp3) is 0.536. The Morgan fingerprint density at radius 1 is 1.03 bits per heavy atom. The number of hydrogen-bond acceptors (Lipinski definition) is 6. The average Bonchev–Trinajstić information content (AvgIpc) is 3.34. The van der Waals surface area contributed by atoms with Crippen LogP contribution in [0.15, 0.2) is 30.6 Å². The van der Waals surface area contributed by atoms with Crippen molar-refractivity contribution in [2.24, 2.45) is 0 Å². The minimum Gasteiger partial charge on any atom is -0.371 e. The second-order valence-corrected chi connectivity index (χ2v) is 11.6. The highest BCUT2D eigenvalue weighted by Gasteiger charge is 2.39. The number of benzene rings is 1. The normalized spacial score (nSPS) is 21.6. The Bertz CT molecular complexity index is 1270. The summed E-state index contributed by atoms with van der Waals surface area (Å²) in [6.07, 6.45) is 7.81. The van der Waals surface area contributed by atoms with Crippen molar-refractivity contribution in [1.29, 1.82) is 0 Å². The first-order chi connectivity index (χ1) is 17.6. The van der Waals surface area contributed by atoms with Crippen LogP contribution in [0.1, 0.15) is 77.5 Å². The molecule has 198 valence electrons. The molecule has 0 spiro atoms. The molecule has 37 heavy (non-hydrogen) atoms. The molecule has 9 heteroatoms. The highest BCUT2D eigenvalue weighted by atomic mass is 19.2. The van der Waals surface area contributed by atoms with Crippen LogP contribution in [0.4, 0.5) is 14.6 Å². The summed E-state index contributed by atoms with van der Waals surface area (Å²) < 4.78 is 38.3. The van der Waals surface area contributed by atoms with Gasteiger partial charge in [0.1, 0.15) is 6.23 Å². The number of ether oxygens (including phenoxy) is 1. The van der Waals surface area contributed by atoms with E-state index in [0.717, 1.165) is 37.7 Å². The Kier molecular flexibility index (Phi) is 6.79. The first-order valence-electron chi connectivity index (χ1n) is 13.1. The molecule has 0 amide bonds. The number of hydrogen-bond donors (Lipinski definition) is 2. The number of piperidine rings is 1. The van der Waals surface area contributed by atoms with Gasteiger partial charge in [-0.05, 0) is 77.8 Å².